The number of benzene rings is 2. The fourth-order valence-electron chi connectivity index (χ4n) is 2.22. The van der Waals surface area contributed by atoms with Gasteiger partial charge in [0.15, 0.2) is 0 Å². The lowest BCUT2D eigenvalue weighted by Gasteiger charge is -2.11. The highest BCUT2D eigenvalue weighted by molar-refractivity contribution is 7.92. The second-order valence-corrected chi connectivity index (χ2v) is 7.32. The van der Waals surface area contributed by atoms with Crippen LogP contribution in [0.4, 0.5) is 19.0 Å². The molecule has 0 aliphatic rings. The first kappa shape index (κ1) is 20.4. The summed E-state index contributed by atoms with van der Waals surface area (Å²) < 4.78 is 72.8. The minimum atomic E-state index is -4.87. The van der Waals surface area contributed by atoms with Crippen LogP contribution in [0.25, 0.3) is 0 Å². The number of hydrogen-bond acceptors (Lipinski definition) is 6. The monoisotopic (exact) mass is 425 g/mol. The Morgan fingerprint density at radius 1 is 0.966 bits per heavy atom. The van der Waals surface area contributed by atoms with Crippen LogP contribution in [0.15, 0.2) is 71.9 Å². The molecule has 7 nitrogen and oxygen atoms in total. The molecule has 0 fully saturated rings. The standard InChI is InChI=1S/C18H14F3N3O4S/c19-18(20,21)28-14-6-8-15(9-7-14)29(25,26)24-16-10-17(23-12-22-16)27-11-13-4-2-1-3-5-13/h1-10,12H,11H2,(H,22,23,24). The fraction of sp³-hybridized carbons (Fsp3) is 0.111. The topological polar surface area (TPSA) is 90.4 Å². The van der Waals surface area contributed by atoms with E-state index in [1.807, 2.05) is 30.3 Å². The van der Waals surface area contributed by atoms with Crippen LogP contribution < -0.4 is 14.2 Å². The van der Waals surface area contributed by atoms with Crippen LogP contribution in [-0.2, 0) is 16.6 Å². The molecular weight excluding hydrogens is 411 g/mol. The number of alkyl halides is 3. The van der Waals surface area contributed by atoms with E-state index in [1.54, 1.807) is 0 Å². The molecule has 3 aromatic rings. The zero-order chi connectivity index (χ0) is 20.9. The molecule has 11 heteroatoms. The van der Waals surface area contributed by atoms with Crippen molar-refractivity contribution in [2.45, 2.75) is 17.9 Å². The molecule has 0 radical (unpaired) electrons. The van der Waals surface area contributed by atoms with Crippen molar-refractivity contribution in [2.24, 2.45) is 0 Å². The first-order valence-corrected chi connectivity index (χ1v) is 9.57. The van der Waals surface area contributed by atoms with Gasteiger partial charge in [-0.2, -0.15) is 0 Å². The third-order valence-electron chi connectivity index (χ3n) is 3.48. The number of nitrogens with zero attached hydrogens (tertiary/aromatic N) is 2. The molecule has 0 amide bonds. The summed E-state index contributed by atoms with van der Waals surface area (Å²) in [6.07, 6.45) is -3.74. The largest absolute Gasteiger partial charge is 0.573 e. The zero-order valence-corrected chi connectivity index (χ0v) is 15.4. The average Bonchev–Trinajstić information content (AvgIpc) is 2.66. The Morgan fingerprint density at radius 2 is 1.66 bits per heavy atom. The molecule has 0 unspecified atom stereocenters. The highest BCUT2D eigenvalue weighted by Gasteiger charge is 2.31. The number of anilines is 1. The average molecular weight is 425 g/mol. The molecule has 3 rings (SSSR count). The van der Waals surface area contributed by atoms with Gasteiger partial charge in [0.25, 0.3) is 10.0 Å². The molecule has 0 aliphatic carbocycles. The Kier molecular flexibility index (Phi) is 5.87. The maximum absolute atomic E-state index is 12.4. The second-order valence-electron chi connectivity index (χ2n) is 5.64. The Hall–Kier alpha value is -3.34. The van der Waals surface area contributed by atoms with Gasteiger partial charge in [0.2, 0.25) is 5.88 Å². The first-order chi connectivity index (χ1) is 13.7. The molecule has 0 bridgehead atoms. The molecule has 0 atom stereocenters. The van der Waals surface area contributed by atoms with Crippen molar-refractivity contribution < 1.29 is 31.1 Å². The Morgan fingerprint density at radius 3 is 2.31 bits per heavy atom. The van der Waals surface area contributed by atoms with E-state index in [9.17, 15) is 21.6 Å². The van der Waals surface area contributed by atoms with E-state index >= 15 is 0 Å². The van der Waals surface area contributed by atoms with Crippen molar-refractivity contribution in [1.29, 1.82) is 0 Å². The third kappa shape index (κ3) is 6.07. The second kappa shape index (κ2) is 8.35. The molecule has 0 spiro atoms. The SMILES string of the molecule is O=S(=O)(Nc1cc(OCc2ccccc2)ncn1)c1ccc(OC(F)(F)F)cc1. The number of halogens is 3. The molecule has 0 aliphatic heterocycles. The van der Waals surface area contributed by atoms with Gasteiger partial charge in [0, 0.05) is 6.07 Å². The fourth-order valence-corrected chi connectivity index (χ4v) is 3.22. The summed E-state index contributed by atoms with van der Waals surface area (Å²) in [6.45, 7) is 0.227. The van der Waals surface area contributed by atoms with E-state index in [0.29, 0.717) is 0 Å². The van der Waals surface area contributed by atoms with Gasteiger partial charge in [-0.15, -0.1) is 13.2 Å². The van der Waals surface area contributed by atoms with Crippen molar-refractivity contribution in [3.05, 3.63) is 72.6 Å². The summed E-state index contributed by atoms with van der Waals surface area (Å²) in [5, 5.41) is 0. The quantitative estimate of drug-likeness (QED) is 0.620. The number of rotatable bonds is 7. The van der Waals surface area contributed by atoms with E-state index in [2.05, 4.69) is 19.4 Å². The summed E-state index contributed by atoms with van der Waals surface area (Å²) >= 11 is 0. The molecule has 0 saturated heterocycles. The van der Waals surface area contributed by atoms with Gasteiger partial charge in [-0.05, 0) is 29.8 Å². The molecule has 1 aromatic heterocycles. The number of nitrogens with one attached hydrogen (secondary N) is 1. The van der Waals surface area contributed by atoms with Crippen LogP contribution in [0.1, 0.15) is 5.56 Å². The van der Waals surface area contributed by atoms with Crippen LogP contribution in [0.5, 0.6) is 11.6 Å². The molecule has 1 heterocycles. The highest BCUT2D eigenvalue weighted by Crippen LogP contribution is 2.25. The number of sulfonamides is 1. The van der Waals surface area contributed by atoms with Crippen molar-refractivity contribution in [2.75, 3.05) is 4.72 Å². The normalized spacial score (nSPS) is 11.7. The van der Waals surface area contributed by atoms with Crippen LogP contribution in [-0.4, -0.2) is 24.7 Å². The Bertz CT molecular complexity index is 1060. The summed E-state index contributed by atoms with van der Waals surface area (Å²) in [4.78, 5) is 7.46. The van der Waals surface area contributed by atoms with Crippen molar-refractivity contribution in [3.63, 3.8) is 0 Å². The van der Waals surface area contributed by atoms with Crippen LogP contribution in [0.2, 0.25) is 0 Å². The summed E-state index contributed by atoms with van der Waals surface area (Å²) in [5.41, 5.74) is 0.898. The van der Waals surface area contributed by atoms with Crippen LogP contribution in [0, 0.1) is 0 Å². The van der Waals surface area contributed by atoms with Gasteiger partial charge in [-0.3, -0.25) is 4.72 Å². The predicted molar refractivity (Wildman–Crippen MR) is 96.7 cm³/mol. The van der Waals surface area contributed by atoms with E-state index in [-0.39, 0.29) is 23.2 Å². The molecule has 0 saturated carbocycles. The maximum atomic E-state index is 12.4. The lowest BCUT2D eigenvalue weighted by atomic mass is 10.2. The van der Waals surface area contributed by atoms with Crippen molar-refractivity contribution in [1.82, 2.24) is 9.97 Å². The minimum absolute atomic E-state index is 0.0568. The van der Waals surface area contributed by atoms with E-state index in [0.717, 1.165) is 36.2 Å². The number of ether oxygens (including phenoxy) is 2. The van der Waals surface area contributed by atoms with Gasteiger partial charge in [0.1, 0.15) is 24.5 Å². The van der Waals surface area contributed by atoms with Gasteiger partial charge in [-0.1, -0.05) is 30.3 Å². The lowest BCUT2D eigenvalue weighted by Crippen LogP contribution is -2.17. The molecule has 152 valence electrons. The lowest BCUT2D eigenvalue weighted by molar-refractivity contribution is -0.274. The predicted octanol–water partition coefficient (Wildman–Crippen LogP) is 3.76. The van der Waals surface area contributed by atoms with E-state index in [4.69, 9.17) is 4.74 Å². The van der Waals surface area contributed by atoms with E-state index < -0.39 is 22.1 Å². The third-order valence-corrected chi connectivity index (χ3v) is 4.85. The van der Waals surface area contributed by atoms with Gasteiger partial charge in [0.05, 0.1) is 4.90 Å². The highest BCUT2D eigenvalue weighted by atomic mass is 32.2. The number of aromatic nitrogens is 2. The summed E-state index contributed by atoms with van der Waals surface area (Å²) in [7, 11) is -4.09. The summed E-state index contributed by atoms with van der Waals surface area (Å²) in [5.74, 6) is -0.441. The van der Waals surface area contributed by atoms with E-state index in [1.165, 1.54) is 6.07 Å². The van der Waals surface area contributed by atoms with Crippen LogP contribution >= 0.6 is 0 Å². The van der Waals surface area contributed by atoms with Gasteiger partial charge >= 0.3 is 6.36 Å². The maximum Gasteiger partial charge on any atom is 0.573 e. The van der Waals surface area contributed by atoms with Gasteiger partial charge < -0.3 is 9.47 Å². The molecule has 1 N–H and O–H groups in total. The molecule has 29 heavy (non-hydrogen) atoms. The molecule has 2 aromatic carbocycles. The number of hydrogen-bond donors (Lipinski definition) is 1. The van der Waals surface area contributed by atoms with Gasteiger partial charge in [-0.25, -0.2) is 18.4 Å². The van der Waals surface area contributed by atoms with Crippen molar-refractivity contribution >= 4 is 15.8 Å². The van der Waals surface area contributed by atoms with Crippen LogP contribution in [0.3, 0.4) is 0 Å². The minimum Gasteiger partial charge on any atom is -0.473 e. The van der Waals surface area contributed by atoms with Crippen molar-refractivity contribution in [3.8, 4) is 11.6 Å². The molecular formula is C18H14F3N3O4S. The Labute approximate surface area is 164 Å². The summed E-state index contributed by atoms with van der Waals surface area (Å²) in [6, 6.07) is 14.3. The first-order valence-electron chi connectivity index (χ1n) is 8.09. The zero-order valence-electron chi connectivity index (χ0n) is 14.6. The smallest absolute Gasteiger partial charge is 0.473 e. The Balaban J connectivity index is 1.68.